The lowest BCUT2D eigenvalue weighted by molar-refractivity contribution is 0.165. The maximum Gasteiger partial charge on any atom is 0.181 e. The lowest BCUT2D eigenvalue weighted by Gasteiger charge is -2.34. The van der Waals surface area contributed by atoms with Crippen molar-refractivity contribution in [1.82, 2.24) is 0 Å². The van der Waals surface area contributed by atoms with Gasteiger partial charge in [-0.15, -0.1) is 0 Å². The molecule has 1 aromatic rings. The van der Waals surface area contributed by atoms with Crippen LogP contribution in [0.4, 0.5) is 0 Å². The van der Waals surface area contributed by atoms with Gasteiger partial charge >= 0.3 is 0 Å². The minimum atomic E-state index is -3.22. The van der Waals surface area contributed by atoms with Crippen LogP contribution in [0.25, 0.3) is 0 Å². The average Bonchev–Trinajstić information content (AvgIpc) is 2.17. The first-order valence-corrected chi connectivity index (χ1v) is 6.60. The van der Waals surface area contributed by atoms with E-state index < -0.39 is 9.84 Å². The third-order valence-electron chi connectivity index (χ3n) is 3.05. The molecule has 0 spiro atoms. The van der Waals surface area contributed by atoms with Crippen LogP contribution in [-0.4, -0.2) is 25.4 Å². The van der Waals surface area contributed by atoms with E-state index in [2.05, 4.69) is 0 Å². The topological polar surface area (TPSA) is 54.4 Å². The maximum atomic E-state index is 12.1. The summed E-state index contributed by atoms with van der Waals surface area (Å²) in [5.41, 5.74) is 0. The number of hydrogen-bond acceptors (Lipinski definition) is 3. The first-order chi connectivity index (χ1) is 7.16. The second kappa shape index (κ2) is 3.94. The summed E-state index contributed by atoms with van der Waals surface area (Å²) in [6, 6.07) is 8.46. The highest BCUT2D eigenvalue weighted by molar-refractivity contribution is 7.92. The lowest BCUT2D eigenvalue weighted by Crippen LogP contribution is -2.40. The van der Waals surface area contributed by atoms with E-state index in [9.17, 15) is 8.42 Å². The van der Waals surface area contributed by atoms with Gasteiger partial charge < -0.3 is 5.11 Å². The quantitative estimate of drug-likeness (QED) is 0.843. The molecular formula is C11H14O3S. The van der Waals surface area contributed by atoms with Crippen molar-refractivity contribution in [3.8, 4) is 0 Å². The van der Waals surface area contributed by atoms with Crippen LogP contribution in [0.1, 0.15) is 12.8 Å². The van der Waals surface area contributed by atoms with E-state index in [1.54, 1.807) is 30.3 Å². The maximum absolute atomic E-state index is 12.1. The molecule has 1 saturated carbocycles. The molecule has 82 valence electrons. The number of sulfone groups is 1. The Hall–Kier alpha value is -0.870. The van der Waals surface area contributed by atoms with Gasteiger partial charge in [0.15, 0.2) is 9.84 Å². The molecule has 1 fully saturated rings. The smallest absolute Gasteiger partial charge is 0.181 e. The fraction of sp³-hybridized carbons (Fsp3) is 0.455. The van der Waals surface area contributed by atoms with Gasteiger partial charge in [-0.2, -0.15) is 0 Å². The highest BCUT2D eigenvalue weighted by Gasteiger charge is 2.40. The summed E-state index contributed by atoms with van der Waals surface area (Å²) >= 11 is 0. The normalized spacial score (nSPS) is 25.9. The molecule has 15 heavy (non-hydrogen) atoms. The van der Waals surface area contributed by atoms with Gasteiger partial charge in [0.1, 0.15) is 0 Å². The summed E-state index contributed by atoms with van der Waals surface area (Å²) in [5.74, 6) is -0.0739. The molecule has 2 rings (SSSR count). The monoisotopic (exact) mass is 226 g/mol. The Morgan fingerprint density at radius 2 is 1.87 bits per heavy atom. The summed E-state index contributed by atoms with van der Waals surface area (Å²) in [4.78, 5) is 0.369. The molecule has 2 unspecified atom stereocenters. The highest BCUT2D eigenvalue weighted by atomic mass is 32.2. The van der Waals surface area contributed by atoms with E-state index in [4.69, 9.17) is 5.11 Å². The first-order valence-electron chi connectivity index (χ1n) is 5.06. The van der Waals surface area contributed by atoms with Crippen LogP contribution in [0.2, 0.25) is 0 Å². The molecule has 0 aromatic heterocycles. The number of hydrogen-bond donors (Lipinski definition) is 1. The molecule has 0 heterocycles. The fourth-order valence-electron chi connectivity index (χ4n) is 1.94. The Morgan fingerprint density at radius 3 is 2.33 bits per heavy atom. The molecule has 1 aromatic carbocycles. The molecule has 0 bridgehead atoms. The molecule has 1 N–H and O–H groups in total. The third kappa shape index (κ3) is 1.79. The second-order valence-corrected chi connectivity index (χ2v) is 6.08. The van der Waals surface area contributed by atoms with Gasteiger partial charge in [0.2, 0.25) is 0 Å². The SMILES string of the molecule is O=S(=O)(c1ccccc1)C1CCC1CO. The van der Waals surface area contributed by atoms with Crippen molar-refractivity contribution in [2.24, 2.45) is 5.92 Å². The Labute approximate surface area is 89.7 Å². The van der Waals surface area contributed by atoms with E-state index in [1.165, 1.54) is 0 Å². The Balaban J connectivity index is 2.28. The average molecular weight is 226 g/mol. The molecule has 0 aliphatic heterocycles. The van der Waals surface area contributed by atoms with Crippen LogP contribution in [0, 0.1) is 5.92 Å². The standard InChI is InChI=1S/C11H14O3S/c12-8-9-6-7-11(9)15(13,14)10-4-2-1-3-5-10/h1-5,9,11-12H,6-8H2. The first kappa shape index (κ1) is 10.6. The van der Waals surface area contributed by atoms with Crippen molar-refractivity contribution >= 4 is 9.84 Å². The molecule has 2 atom stereocenters. The van der Waals surface area contributed by atoms with Crippen LogP contribution in [0.5, 0.6) is 0 Å². The molecule has 0 radical (unpaired) electrons. The van der Waals surface area contributed by atoms with E-state index in [1.807, 2.05) is 0 Å². The van der Waals surface area contributed by atoms with E-state index in [-0.39, 0.29) is 17.8 Å². The van der Waals surface area contributed by atoms with Crippen molar-refractivity contribution in [1.29, 1.82) is 0 Å². The fourth-order valence-corrected chi connectivity index (χ4v) is 4.00. The molecule has 0 amide bonds. The van der Waals surface area contributed by atoms with Crippen molar-refractivity contribution < 1.29 is 13.5 Å². The predicted molar refractivity (Wildman–Crippen MR) is 57.2 cm³/mol. The zero-order valence-corrected chi connectivity index (χ0v) is 9.15. The molecule has 0 saturated heterocycles. The van der Waals surface area contributed by atoms with Gasteiger partial charge in [-0.25, -0.2) is 8.42 Å². The van der Waals surface area contributed by atoms with Gasteiger partial charge in [0.05, 0.1) is 10.1 Å². The summed E-state index contributed by atoms with van der Waals surface area (Å²) in [6.07, 6.45) is 1.48. The predicted octanol–water partition coefficient (Wildman–Crippen LogP) is 1.23. The van der Waals surface area contributed by atoms with Gasteiger partial charge in [-0.05, 0) is 30.9 Å². The minimum Gasteiger partial charge on any atom is -0.396 e. The van der Waals surface area contributed by atoms with Crippen LogP contribution in [0.15, 0.2) is 35.2 Å². The Kier molecular flexibility index (Phi) is 2.80. The van der Waals surface area contributed by atoms with Crippen molar-refractivity contribution in [2.45, 2.75) is 23.0 Å². The Bertz CT molecular complexity index is 422. The number of aliphatic hydroxyl groups is 1. The number of aliphatic hydroxyl groups excluding tert-OH is 1. The molecule has 4 heteroatoms. The van der Waals surface area contributed by atoms with Crippen molar-refractivity contribution in [3.63, 3.8) is 0 Å². The largest absolute Gasteiger partial charge is 0.396 e. The summed E-state index contributed by atoms with van der Waals surface area (Å²) in [5, 5.41) is 8.62. The van der Waals surface area contributed by atoms with Crippen LogP contribution in [0.3, 0.4) is 0 Å². The minimum absolute atomic E-state index is 0.0310. The van der Waals surface area contributed by atoms with Gasteiger partial charge in [0.25, 0.3) is 0 Å². The summed E-state index contributed by atoms with van der Waals surface area (Å²) < 4.78 is 24.1. The van der Waals surface area contributed by atoms with Crippen molar-refractivity contribution in [2.75, 3.05) is 6.61 Å². The molecule has 1 aliphatic rings. The second-order valence-electron chi connectivity index (χ2n) is 3.92. The van der Waals surface area contributed by atoms with E-state index >= 15 is 0 Å². The zero-order chi connectivity index (χ0) is 10.9. The number of rotatable bonds is 3. The molecule has 1 aliphatic carbocycles. The van der Waals surface area contributed by atoms with Crippen LogP contribution in [-0.2, 0) is 9.84 Å². The summed E-state index contributed by atoms with van der Waals surface area (Å²) in [7, 11) is -3.22. The van der Waals surface area contributed by atoms with E-state index in [0.717, 1.165) is 6.42 Å². The highest BCUT2D eigenvalue weighted by Crippen LogP contribution is 2.36. The lowest BCUT2D eigenvalue weighted by atomic mass is 9.85. The zero-order valence-electron chi connectivity index (χ0n) is 8.33. The summed E-state index contributed by atoms with van der Waals surface area (Å²) in [6.45, 7) is -0.0310. The van der Waals surface area contributed by atoms with Crippen LogP contribution >= 0.6 is 0 Å². The molecular weight excluding hydrogens is 212 g/mol. The third-order valence-corrected chi connectivity index (χ3v) is 5.40. The Morgan fingerprint density at radius 1 is 1.20 bits per heavy atom. The van der Waals surface area contributed by atoms with E-state index in [0.29, 0.717) is 11.3 Å². The number of benzene rings is 1. The van der Waals surface area contributed by atoms with Gasteiger partial charge in [-0.3, -0.25) is 0 Å². The van der Waals surface area contributed by atoms with Crippen LogP contribution < -0.4 is 0 Å². The van der Waals surface area contributed by atoms with Gasteiger partial charge in [0, 0.05) is 6.61 Å². The van der Waals surface area contributed by atoms with Crippen molar-refractivity contribution in [3.05, 3.63) is 30.3 Å². The van der Waals surface area contributed by atoms with Gasteiger partial charge in [-0.1, -0.05) is 18.2 Å². The molecule has 3 nitrogen and oxygen atoms in total.